The summed E-state index contributed by atoms with van der Waals surface area (Å²) in [5, 5.41) is 14.0. The van der Waals surface area contributed by atoms with Crippen LogP contribution in [0.5, 0.6) is 0 Å². The molecule has 0 radical (unpaired) electrons. The molecular formula is C10H16N2O2S. The summed E-state index contributed by atoms with van der Waals surface area (Å²) in [6.07, 6.45) is 0.843. The second kappa shape index (κ2) is 4.72. The zero-order chi connectivity index (χ0) is 11.5. The maximum absolute atomic E-state index is 10.4. The summed E-state index contributed by atoms with van der Waals surface area (Å²) >= 11 is 1.25. The number of nitrogens with one attached hydrogen (secondary N) is 1. The van der Waals surface area contributed by atoms with Gasteiger partial charge in [0.1, 0.15) is 0 Å². The molecule has 15 heavy (non-hydrogen) atoms. The van der Waals surface area contributed by atoms with Gasteiger partial charge in [0, 0.05) is 23.0 Å². The minimum Gasteiger partial charge on any atom is -0.312 e. The molecular weight excluding hydrogens is 212 g/mol. The smallest absolute Gasteiger partial charge is 0.312 e. The van der Waals surface area contributed by atoms with E-state index in [1.807, 2.05) is 6.07 Å². The van der Waals surface area contributed by atoms with Crippen LogP contribution in [0.15, 0.2) is 12.1 Å². The number of rotatable bonds is 4. The van der Waals surface area contributed by atoms with Gasteiger partial charge in [-0.15, -0.1) is 0 Å². The van der Waals surface area contributed by atoms with Crippen LogP contribution in [-0.4, -0.2) is 17.0 Å². The summed E-state index contributed by atoms with van der Waals surface area (Å²) in [5.41, 5.74) is 0.100. The third-order valence-electron chi connectivity index (χ3n) is 1.85. The van der Waals surface area contributed by atoms with Crippen LogP contribution < -0.4 is 5.32 Å². The van der Waals surface area contributed by atoms with Gasteiger partial charge in [0.25, 0.3) is 0 Å². The van der Waals surface area contributed by atoms with Crippen LogP contribution in [0.2, 0.25) is 0 Å². The maximum atomic E-state index is 10.4. The van der Waals surface area contributed by atoms with Crippen LogP contribution in [0, 0.1) is 10.1 Å². The molecule has 1 N–H and O–H groups in total. The molecule has 1 heterocycles. The molecule has 0 saturated heterocycles. The van der Waals surface area contributed by atoms with Crippen LogP contribution in [0.25, 0.3) is 0 Å². The lowest BCUT2D eigenvalue weighted by atomic mass is 10.1. The molecule has 0 unspecified atom stereocenters. The second-order valence-electron chi connectivity index (χ2n) is 4.42. The Morgan fingerprint density at radius 3 is 2.60 bits per heavy atom. The topological polar surface area (TPSA) is 55.2 Å². The molecule has 0 aromatic carbocycles. The van der Waals surface area contributed by atoms with Crippen molar-refractivity contribution in [2.24, 2.45) is 0 Å². The van der Waals surface area contributed by atoms with E-state index in [2.05, 4.69) is 26.1 Å². The van der Waals surface area contributed by atoms with Gasteiger partial charge in [-0.2, -0.15) is 0 Å². The first-order chi connectivity index (χ1) is 6.88. The highest BCUT2D eigenvalue weighted by Crippen LogP contribution is 2.23. The van der Waals surface area contributed by atoms with E-state index in [9.17, 15) is 10.1 Å². The fourth-order valence-electron chi connectivity index (χ4n) is 1.16. The van der Waals surface area contributed by atoms with Crippen LogP contribution in [0.4, 0.5) is 5.00 Å². The van der Waals surface area contributed by atoms with Crippen molar-refractivity contribution in [3.63, 3.8) is 0 Å². The van der Waals surface area contributed by atoms with Gasteiger partial charge in [0.05, 0.1) is 4.92 Å². The van der Waals surface area contributed by atoms with Gasteiger partial charge < -0.3 is 5.32 Å². The van der Waals surface area contributed by atoms with Gasteiger partial charge in [-0.05, 0) is 33.3 Å². The second-order valence-corrected chi connectivity index (χ2v) is 5.57. The van der Waals surface area contributed by atoms with E-state index in [0.29, 0.717) is 0 Å². The summed E-state index contributed by atoms with van der Waals surface area (Å²) < 4.78 is 0. The molecule has 1 aromatic heterocycles. The fourth-order valence-corrected chi connectivity index (χ4v) is 1.98. The summed E-state index contributed by atoms with van der Waals surface area (Å²) in [6, 6.07) is 3.39. The number of nitrogens with zero attached hydrogens (tertiary/aromatic N) is 1. The van der Waals surface area contributed by atoms with Crippen molar-refractivity contribution in [1.82, 2.24) is 5.32 Å². The molecule has 1 aromatic rings. The Kier molecular flexibility index (Phi) is 3.82. The summed E-state index contributed by atoms with van der Waals surface area (Å²) in [4.78, 5) is 11.2. The van der Waals surface area contributed by atoms with Gasteiger partial charge in [-0.3, -0.25) is 10.1 Å². The Bertz CT molecular complexity index is 341. The molecule has 0 aliphatic heterocycles. The summed E-state index contributed by atoms with van der Waals surface area (Å²) in [7, 11) is 0. The van der Waals surface area contributed by atoms with Crippen molar-refractivity contribution in [2.45, 2.75) is 32.7 Å². The Morgan fingerprint density at radius 2 is 2.13 bits per heavy atom. The summed E-state index contributed by atoms with van der Waals surface area (Å²) in [5.74, 6) is 0. The molecule has 0 atom stereocenters. The highest BCUT2D eigenvalue weighted by atomic mass is 32.1. The van der Waals surface area contributed by atoms with Gasteiger partial charge in [0.2, 0.25) is 0 Å². The zero-order valence-electron chi connectivity index (χ0n) is 9.24. The van der Waals surface area contributed by atoms with Crippen LogP contribution in [0.1, 0.15) is 25.6 Å². The molecule has 0 saturated carbocycles. The number of thiophene rings is 1. The number of hydrogen-bond acceptors (Lipinski definition) is 4. The zero-order valence-corrected chi connectivity index (χ0v) is 10.1. The monoisotopic (exact) mass is 228 g/mol. The van der Waals surface area contributed by atoms with Crippen molar-refractivity contribution < 1.29 is 4.92 Å². The van der Waals surface area contributed by atoms with Crippen molar-refractivity contribution >= 4 is 16.3 Å². The molecule has 0 aliphatic rings. The Morgan fingerprint density at radius 1 is 1.47 bits per heavy atom. The number of hydrogen-bond donors (Lipinski definition) is 1. The SMILES string of the molecule is CC(C)(C)NCCc1ccc([N+](=O)[O-])s1. The van der Waals surface area contributed by atoms with Gasteiger partial charge in [0.15, 0.2) is 0 Å². The van der Waals surface area contributed by atoms with E-state index >= 15 is 0 Å². The molecule has 1 rings (SSSR count). The van der Waals surface area contributed by atoms with Crippen molar-refractivity contribution in [1.29, 1.82) is 0 Å². The van der Waals surface area contributed by atoms with Crippen LogP contribution >= 0.6 is 11.3 Å². The Labute approximate surface area is 93.5 Å². The quantitative estimate of drug-likeness (QED) is 0.636. The Balaban J connectivity index is 2.41. The molecule has 0 amide bonds. The first kappa shape index (κ1) is 12.1. The predicted molar refractivity (Wildman–Crippen MR) is 62.4 cm³/mol. The van der Waals surface area contributed by atoms with Gasteiger partial charge in [-0.25, -0.2) is 0 Å². The number of nitro groups is 1. The predicted octanol–water partition coefficient (Wildman–Crippen LogP) is 2.59. The minimum absolute atomic E-state index is 0.100. The van der Waals surface area contributed by atoms with E-state index in [4.69, 9.17) is 0 Å². The molecule has 0 bridgehead atoms. The van der Waals surface area contributed by atoms with Crippen molar-refractivity contribution in [3.05, 3.63) is 27.1 Å². The molecule has 0 spiro atoms. The average molecular weight is 228 g/mol. The molecule has 4 nitrogen and oxygen atoms in total. The lowest BCUT2D eigenvalue weighted by molar-refractivity contribution is -0.380. The maximum Gasteiger partial charge on any atom is 0.324 e. The van der Waals surface area contributed by atoms with E-state index in [1.165, 1.54) is 11.3 Å². The molecule has 84 valence electrons. The van der Waals surface area contributed by atoms with Gasteiger partial charge in [-0.1, -0.05) is 11.3 Å². The first-order valence-corrected chi connectivity index (χ1v) is 5.68. The third-order valence-corrected chi connectivity index (χ3v) is 2.95. The van der Waals surface area contributed by atoms with Gasteiger partial charge >= 0.3 is 5.00 Å². The van der Waals surface area contributed by atoms with E-state index < -0.39 is 0 Å². The minimum atomic E-state index is -0.342. The molecule has 5 heteroatoms. The largest absolute Gasteiger partial charge is 0.324 e. The van der Waals surface area contributed by atoms with E-state index in [-0.39, 0.29) is 15.5 Å². The first-order valence-electron chi connectivity index (χ1n) is 4.86. The highest BCUT2D eigenvalue weighted by molar-refractivity contribution is 7.15. The molecule has 0 fully saturated rings. The highest BCUT2D eigenvalue weighted by Gasteiger charge is 2.11. The van der Waals surface area contributed by atoms with Crippen LogP contribution in [-0.2, 0) is 6.42 Å². The summed E-state index contributed by atoms with van der Waals surface area (Å²) in [6.45, 7) is 7.15. The van der Waals surface area contributed by atoms with E-state index in [0.717, 1.165) is 17.8 Å². The van der Waals surface area contributed by atoms with E-state index in [1.54, 1.807) is 6.07 Å². The lowest BCUT2D eigenvalue weighted by Crippen LogP contribution is -2.36. The van der Waals surface area contributed by atoms with Crippen LogP contribution in [0.3, 0.4) is 0 Å². The standard InChI is InChI=1S/C10H16N2O2S/c1-10(2,3)11-7-6-8-4-5-9(15-8)12(13)14/h4-5,11H,6-7H2,1-3H3. The Hall–Kier alpha value is -0.940. The molecule has 0 aliphatic carbocycles. The lowest BCUT2D eigenvalue weighted by Gasteiger charge is -2.19. The van der Waals surface area contributed by atoms with Crippen molar-refractivity contribution in [2.75, 3.05) is 6.54 Å². The third kappa shape index (κ3) is 4.40. The normalized spacial score (nSPS) is 11.7. The average Bonchev–Trinajstić information content (AvgIpc) is 2.50. The fraction of sp³-hybridized carbons (Fsp3) is 0.600. The van der Waals surface area contributed by atoms with Crippen molar-refractivity contribution in [3.8, 4) is 0 Å².